The van der Waals surface area contributed by atoms with Crippen molar-refractivity contribution in [2.45, 2.75) is 24.2 Å². The number of nitrogens with zero attached hydrogens (tertiary/aromatic N) is 1. The molecule has 0 aromatic heterocycles. The number of thioether (sulfide) groups is 1. The van der Waals surface area contributed by atoms with Crippen LogP contribution < -0.4 is 10.1 Å². The summed E-state index contributed by atoms with van der Waals surface area (Å²) in [5.74, 6) is 1.42. The van der Waals surface area contributed by atoms with Crippen molar-refractivity contribution in [3.05, 3.63) is 53.6 Å². The fraction of sp³-hybridized carbons (Fsp3) is 0.348. The van der Waals surface area contributed by atoms with Crippen LogP contribution in [-0.2, 0) is 4.79 Å². The van der Waals surface area contributed by atoms with Crippen molar-refractivity contribution in [1.29, 1.82) is 0 Å². The highest BCUT2D eigenvalue weighted by atomic mass is 32.2. The van der Waals surface area contributed by atoms with Gasteiger partial charge in [0, 0.05) is 47.2 Å². The molecule has 2 aliphatic heterocycles. The lowest BCUT2D eigenvalue weighted by Crippen LogP contribution is -2.40. The van der Waals surface area contributed by atoms with Gasteiger partial charge in [-0.15, -0.1) is 11.8 Å². The number of Topliss-reactive ketones (excluding diaryl/α,β-unsaturated/α-hetero) is 1. The molecule has 2 aromatic carbocycles. The van der Waals surface area contributed by atoms with E-state index in [0.29, 0.717) is 49.2 Å². The zero-order valence-electron chi connectivity index (χ0n) is 16.8. The van der Waals surface area contributed by atoms with Crippen molar-refractivity contribution >= 4 is 35.0 Å². The molecule has 2 heterocycles. The highest BCUT2D eigenvalue weighted by Crippen LogP contribution is 2.32. The van der Waals surface area contributed by atoms with Crippen LogP contribution in [-0.4, -0.2) is 48.4 Å². The second-order valence-electron chi connectivity index (χ2n) is 7.52. The Kier molecular flexibility index (Phi) is 6.08. The Bertz CT molecular complexity index is 966. The number of carbonyl (C=O) groups is 3. The molecule has 1 saturated heterocycles. The van der Waals surface area contributed by atoms with Crippen molar-refractivity contribution < 1.29 is 19.1 Å². The lowest BCUT2D eigenvalue weighted by Gasteiger charge is -2.31. The third-order valence-electron chi connectivity index (χ3n) is 5.61. The van der Waals surface area contributed by atoms with Crippen LogP contribution >= 0.6 is 11.8 Å². The van der Waals surface area contributed by atoms with Gasteiger partial charge in [-0.1, -0.05) is 0 Å². The summed E-state index contributed by atoms with van der Waals surface area (Å²) in [7, 11) is 1.60. The second-order valence-corrected chi connectivity index (χ2v) is 8.65. The first kappa shape index (κ1) is 20.5. The number of rotatable bonds is 4. The average Bonchev–Trinajstić information content (AvgIpc) is 2.98. The molecular weight excluding hydrogens is 400 g/mol. The van der Waals surface area contributed by atoms with E-state index in [-0.39, 0.29) is 23.5 Å². The summed E-state index contributed by atoms with van der Waals surface area (Å²) in [6, 6.07) is 12.7. The lowest BCUT2D eigenvalue weighted by atomic mass is 9.88. The van der Waals surface area contributed by atoms with Crippen LogP contribution in [0, 0.1) is 5.92 Å². The molecule has 0 radical (unpaired) electrons. The Hall–Kier alpha value is -2.80. The smallest absolute Gasteiger partial charge is 0.253 e. The van der Waals surface area contributed by atoms with Crippen molar-refractivity contribution in [3.8, 4) is 5.75 Å². The minimum absolute atomic E-state index is 0.0243. The molecule has 2 aliphatic rings. The molecule has 2 aromatic rings. The first-order chi connectivity index (χ1) is 14.5. The van der Waals surface area contributed by atoms with E-state index < -0.39 is 0 Å². The van der Waals surface area contributed by atoms with Crippen LogP contribution in [0.25, 0.3) is 0 Å². The van der Waals surface area contributed by atoms with E-state index in [9.17, 15) is 14.4 Å². The van der Waals surface area contributed by atoms with E-state index in [4.69, 9.17) is 4.74 Å². The van der Waals surface area contributed by atoms with E-state index in [1.165, 1.54) is 0 Å². The van der Waals surface area contributed by atoms with Gasteiger partial charge in [-0.25, -0.2) is 0 Å². The molecule has 0 unspecified atom stereocenters. The Balaban J connectivity index is 1.39. The molecule has 6 nitrogen and oxygen atoms in total. The number of benzene rings is 2. The normalized spacial score (nSPS) is 17.0. The molecule has 0 bridgehead atoms. The number of hydrogen-bond donors (Lipinski definition) is 1. The number of ether oxygens (including phenoxy) is 1. The average molecular weight is 425 g/mol. The second kappa shape index (κ2) is 8.92. The zero-order valence-corrected chi connectivity index (χ0v) is 17.7. The first-order valence-electron chi connectivity index (χ1n) is 10.1. The van der Waals surface area contributed by atoms with Gasteiger partial charge in [0.25, 0.3) is 5.91 Å². The van der Waals surface area contributed by atoms with Gasteiger partial charge in [-0.05, 0) is 55.3 Å². The summed E-state index contributed by atoms with van der Waals surface area (Å²) < 4.78 is 5.14. The number of anilines is 1. The molecule has 1 fully saturated rings. The van der Waals surface area contributed by atoms with Crippen LogP contribution in [0.3, 0.4) is 0 Å². The summed E-state index contributed by atoms with van der Waals surface area (Å²) in [5.41, 5.74) is 1.95. The molecule has 4 rings (SSSR count). The van der Waals surface area contributed by atoms with E-state index in [1.807, 2.05) is 12.1 Å². The number of likely N-dealkylation sites (tertiary alicyclic amines) is 1. The first-order valence-corrected chi connectivity index (χ1v) is 11.1. The predicted octanol–water partition coefficient (Wildman–Crippen LogP) is 3.86. The van der Waals surface area contributed by atoms with Gasteiger partial charge < -0.3 is 15.0 Å². The van der Waals surface area contributed by atoms with Crippen molar-refractivity contribution in [1.82, 2.24) is 4.90 Å². The molecule has 0 spiro atoms. The van der Waals surface area contributed by atoms with E-state index >= 15 is 0 Å². The number of ketones is 1. The van der Waals surface area contributed by atoms with Crippen molar-refractivity contribution in [3.63, 3.8) is 0 Å². The predicted molar refractivity (Wildman–Crippen MR) is 116 cm³/mol. The Labute approximate surface area is 180 Å². The Morgan fingerprint density at radius 2 is 1.77 bits per heavy atom. The summed E-state index contributed by atoms with van der Waals surface area (Å²) in [5, 5.41) is 2.88. The van der Waals surface area contributed by atoms with Crippen LogP contribution in [0.4, 0.5) is 5.69 Å². The topological polar surface area (TPSA) is 75.7 Å². The molecule has 0 aliphatic carbocycles. The van der Waals surface area contributed by atoms with E-state index in [2.05, 4.69) is 5.32 Å². The molecule has 30 heavy (non-hydrogen) atoms. The third-order valence-corrected chi connectivity index (χ3v) is 6.69. The lowest BCUT2D eigenvalue weighted by molar-refractivity contribution is -0.115. The van der Waals surface area contributed by atoms with E-state index in [1.54, 1.807) is 54.1 Å². The quantitative estimate of drug-likeness (QED) is 0.754. The molecule has 7 heteroatoms. The number of nitrogens with one attached hydrogen (secondary N) is 1. The van der Waals surface area contributed by atoms with E-state index in [0.717, 1.165) is 16.4 Å². The molecule has 1 N–H and O–H groups in total. The van der Waals surface area contributed by atoms with Crippen LogP contribution in [0.5, 0.6) is 5.75 Å². The van der Waals surface area contributed by atoms with Gasteiger partial charge in [0.2, 0.25) is 5.91 Å². The van der Waals surface area contributed by atoms with Crippen molar-refractivity contribution in [2.75, 3.05) is 31.3 Å². The fourth-order valence-electron chi connectivity index (χ4n) is 3.87. The highest BCUT2D eigenvalue weighted by molar-refractivity contribution is 7.99. The van der Waals surface area contributed by atoms with Crippen LogP contribution in [0.1, 0.15) is 40.0 Å². The van der Waals surface area contributed by atoms with Gasteiger partial charge in [0.1, 0.15) is 5.75 Å². The summed E-state index contributed by atoms with van der Waals surface area (Å²) in [6.45, 7) is 1.09. The minimum Gasteiger partial charge on any atom is -0.497 e. The number of carbonyl (C=O) groups excluding carboxylic acids is 3. The van der Waals surface area contributed by atoms with Crippen molar-refractivity contribution in [2.24, 2.45) is 5.92 Å². The summed E-state index contributed by atoms with van der Waals surface area (Å²) >= 11 is 1.62. The largest absolute Gasteiger partial charge is 0.497 e. The maximum Gasteiger partial charge on any atom is 0.253 e. The standard InChI is InChI=1S/C23H24N2O4S/c1-29-18-5-2-15(3-6-18)22(27)16-8-11-25(12-9-16)23(28)17-4-7-20-19(14-17)24-21(26)10-13-30-20/h2-7,14,16H,8-13H2,1H3,(H,24,26). The van der Waals surface area contributed by atoms with Gasteiger partial charge in [0.15, 0.2) is 5.78 Å². The Morgan fingerprint density at radius 1 is 1.07 bits per heavy atom. The maximum atomic E-state index is 13.0. The summed E-state index contributed by atoms with van der Waals surface area (Å²) in [4.78, 5) is 40.4. The van der Waals surface area contributed by atoms with Crippen LogP contribution in [0.15, 0.2) is 47.4 Å². The molecule has 156 valence electrons. The number of amides is 2. The number of hydrogen-bond acceptors (Lipinski definition) is 5. The Morgan fingerprint density at radius 3 is 2.47 bits per heavy atom. The SMILES string of the molecule is COc1ccc(C(=O)C2CCN(C(=O)c3ccc4c(c3)NC(=O)CCS4)CC2)cc1. The van der Waals surface area contributed by atoms with Gasteiger partial charge >= 0.3 is 0 Å². The van der Waals surface area contributed by atoms with Crippen LogP contribution in [0.2, 0.25) is 0 Å². The number of fused-ring (bicyclic) bond motifs is 1. The fourth-order valence-corrected chi connectivity index (χ4v) is 4.81. The van der Waals surface area contributed by atoms with Gasteiger partial charge in [0.05, 0.1) is 12.8 Å². The third kappa shape index (κ3) is 4.36. The number of piperidine rings is 1. The minimum atomic E-state index is -0.0785. The number of methoxy groups -OCH3 is 1. The monoisotopic (exact) mass is 424 g/mol. The maximum absolute atomic E-state index is 13.0. The molecule has 0 saturated carbocycles. The summed E-state index contributed by atoms with van der Waals surface area (Å²) in [6.07, 6.45) is 1.76. The highest BCUT2D eigenvalue weighted by Gasteiger charge is 2.29. The zero-order chi connectivity index (χ0) is 21.1. The van der Waals surface area contributed by atoms with Gasteiger partial charge in [-0.3, -0.25) is 14.4 Å². The molecule has 0 atom stereocenters. The van der Waals surface area contributed by atoms with Gasteiger partial charge in [-0.2, -0.15) is 0 Å². The molecule has 2 amide bonds. The molecular formula is C23H24N2O4S.